The van der Waals surface area contributed by atoms with Gasteiger partial charge < -0.3 is 10.1 Å². The number of benzene rings is 3. The fourth-order valence-electron chi connectivity index (χ4n) is 3.08. The average Bonchev–Trinajstić information content (AvgIpc) is 2.76. The van der Waals surface area contributed by atoms with E-state index in [4.69, 9.17) is 16.3 Å². The molecule has 3 aromatic carbocycles. The molecule has 30 heavy (non-hydrogen) atoms. The topological polar surface area (TPSA) is 75.7 Å². The highest BCUT2D eigenvalue weighted by atomic mass is 35.5. The highest BCUT2D eigenvalue weighted by Crippen LogP contribution is 2.37. The molecule has 0 aliphatic carbocycles. The molecule has 4 rings (SSSR count). The molecule has 1 atom stereocenters. The molecule has 1 unspecified atom stereocenters. The van der Waals surface area contributed by atoms with E-state index in [1.54, 1.807) is 42.5 Å². The van der Waals surface area contributed by atoms with Gasteiger partial charge in [-0.1, -0.05) is 41.9 Å². The van der Waals surface area contributed by atoms with Crippen molar-refractivity contribution in [2.45, 2.75) is 11.0 Å². The van der Waals surface area contributed by atoms with Crippen LogP contribution in [-0.4, -0.2) is 27.0 Å². The minimum atomic E-state index is -3.92. The van der Waals surface area contributed by atoms with Crippen molar-refractivity contribution < 1.29 is 22.3 Å². The molecule has 9 heteroatoms. The van der Waals surface area contributed by atoms with E-state index in [1.807, 2.05) is 0 Å². The van der Waals surface area contributed by atoms with Crippen LogP contribution in [0.15, 0.2) is 77.7 Å². The SMILES string of the molecule is O=C(Nc1ccc(F)c(Cl)c1)C1CN(S(=O)(=O)c2ccccc2)c2ccccc2O1. The van der Waals surface area contributed by atoms with Crippen molar-refractivity contribution in [1.29, 1.82) is 0 Å². The van der Waals surface area contributed by atoms with Crippen LogP contribution in [0.2, 0.25) is 5.02 Å². The summed E-state index contributed by atoms with van der Waals surface area (Å²) in [5.74, 6) is -0.932. The smallest absolute Gasteiger partial charge is 0.267 e. The third-order valence-corrected chi connectivity index (χ3v) is 6.63. The van der Waals surface area contributed by atoms with Crippen LogP contribution in [0.25, 0.3) is 0 Å². The molecule has 0 saturated heterocycles. The lowest BCUT2D eigenvalue weighted by atomic mass is 10.2. The Kier molecular flexibility index (Phi) is 5.36. The summed E-state index contributed by atoms with van der Waals surface area (Å²) in [5, 5.41) is 2.44. The molecular formula is C21H16ClFN2O4S. The fraction of sp³-hybridized carbons (Fsp3) is 0.0952. The summed E-state index contributed by atoms with van der Waals surface area (Å²) in [7, 11) is -3.92. The first-order chi connectivity index (χ1) is 14.4. The lowest BCUT2D eigenvalue weighted by Crippen LogP contribution is -2.48. The Labute approximate surface area is 177 Å². The van der Waals surface area contributed by atoms with E-state index in [-0.39, 0.29) is 27.9 Å². The second kappa shape index (κ2) is 7.97. The summed E-state index contributed by atoms with van der Waals surface area (Å²) < 4.78 is 46.7. The lowest BCUT2D eigenvalue weighted by Gasteiger charge is -2.34. The molecule has 0 bridgehead atoms. The third kappa shape index (κ3) is 3.83. The molecular weight excluding hydrogens is 431 g/mol. The second-order valence-electron chi connectivity index (χ2n) is 6.54. The molecule has 0 fully saturated rings. The molecule has 1 amide bonds. The normalized spacial score (nSPS) is 15.8. The van der Waals surface area contributed by atoms with Crippen LogP contribution >= 0.6 is 11.6 Å². The van der Waals surface area contributed by atoms with Crippen molar-refractivity contribution in [2.24, 2.45) is 0 Å². The molecule has 6 nitrogen and oxygen atoms in total. The second-order valence-corrected chi connectivity index (χ2v) is 8.81. The Morgan fingerprint density at radius 3 is 2.50 bits per heavy atom. The van der Waals surface area contributed by atoms with Gasteiger partial charge in [-0.25, -0.2) is 12.8 Å². The Hall–Kier alpha value is -3.10. The number of carbonyl (C=O) groups is 1. The van der Waals surface area contributed by atoms with Gasteiger partial charge in [0, 0.05) is 5.69 Å². The van der Waals surface area contributed by atoms with E-state index in [0.717, 1.165) is 10.4 Å². The monoisotopic (exact) mass is 446 g/mol. The van der Waals surface area contributed by atoms with E-state index in [1.165, 1.54) is 24.3 Å². The minimum absolute atomic E-state index is 0.103. The van der Waals surface area contributed by atoms with Crippen molar-refractivity contribution in [3.63, 3.8) is 0 Å². The average molecular weight is 447 g/mol. The number of sulfonamides is 1. The molecule has 154 valence electrons. The number of ether oxygens (including phenoxy) is 1. The number of nitrogens with one attached hydrogen (secondary N) is 1. The number of rotatable bonds is 4. The summed E-state index contributed by atoms with van der Waals surface area (Å²) in [4.78, 5) is 12.9. The van der Waals surface area contributed by atoms with Gasteiger partial charge in [-0.2, -0.15) is 0 Å². The zero-order valence-electron chi connectivity index (χ0n) is 15.5. The summed E-state index contributed by atoms with van der Waals surface area (Å²) >= 11 is 5.76. The van der Waals surface area contributed by atoms with Gasteiger partial charge in [-0.05, 0) is 42.5 Å². The molecule has 3 aromatic rings. The van der Waals surface area contributed by atoms with Gasteiger partial charge >= 0.3 is 0 Å². The maximum Gasteiger partial charge on any atom is 0.267 e. The molecule has 0 aromatic heterocycles. The first-order valence-corrected chi connectivity index (χ1v) is 10.8. The first-order valence-electron chi connectivity index (χ1n) is 8.95. The Balaban J connectivity index is 1.66. The Morgan fingerprint density at radius 1 is 1.07 bits per heavy atom. The van der Waals surface area contributed by atoms with Gasteiger partial charge in [-0.3, -0.25) is 9.10 Å². The van der Waals surface area contributed by atoms with Crippen molar-refractivity contribution in [3.8, 4) is 5.75 Å². The molecule has 0 spiro atoms. The maximum atomic E-state index is 13.4. The number of carbonyl (C=O) groups excluding carboxylic acids is 1. The van der Waals surface area contributed by atoms with E-state index in [2.05, 4.69) is 5.32 Å². The number of para-hydroxylation sites is 2. The number of fused-ring (bicyclic) bond motifs is 1. The van der Waals surface area contributed by atoms with E-state index < -0.39 is 27.9 Å². The van der Waals surface area contributed by atoms with E-state index in [9.17, 15) is 17.6 Å². The number of amides is 1. The predicted molar refractivity (Wildman–Crippen MR) is 112 cm³/mol. The summed E-state index contributed by atoms with van der Waals surface area (Å²) in [6, 6.07) is 18.3. The van der Waals surface area contributed by atoms with Crippen molar-refractivity contribution >= 4 is 38.9 Å². The Bertz CT molecular complexity index is 1200. The van der Waals surface area contributed by atoms with Gasteiger partial charge in [0.2, 0.25) is 0 Å². The van der Waals surface area contributed by atoms with E-state index in [0.29, 0.717) is 5.69 Å². The highest BCUT2D eigenvalue weighted by Gasteiger charge is 2.37. The van der Waals surface area contributed by atoms with Crippen LogP contribution in [-0.2, 0) is 14.8 Å². The molecule has 1 aliphatic heterocycles. The number of anilines is 2. The number of nitrogens with zero attached hydrogens (tertiary/aromatic N) is 1. The van der Waals surface area contributed by atoms with E-state index >= 15 is 0 Å². The fourth-order valence-corrected chi connectivity index (χ4v) is 4.76. The molecule has 0 saturated carbocycles. The molecule has 0 radical (unpaired) electrons. The van der Waals surface area contributed by atoms with Crippen molar-refractivity contribution in [3.05, 3.63) is 83.6 Å². The van der Waals surface area contributed by atoms with Gasteiger partial charge in [0.15, 0.2) is 6.10 Å². The van der Waals surface area contributed by atoms with Gasteiger partial charge in [0.1, 0.15) is 11.6 Å². The molecule has 1 heterocycles. The van der Waals surface area contributed by atoms with Gasteiger partial charge in [-0.15, -0.1) is 0 Å². The maximum absolute atomic E-state index is 13.4. The third-order valence-electron chi connectivity index (χ3n) is 4.55. The van der Waals surface area contributed by atoms with Crippen LogP contribution in [0.3, 0.4) is 0 Å². The summed E-state index contributed by atoms with van der Waals surface area (Å²) in [5.41, 5.74) is 0.613. The van der Waals surface area contributed by atoms with Crippen LogP contribution in [0, 0.1) is 5.82 Å². The zero-order chi connectivity index (χ0) is 21.3. The standard InChI is InChI=1S/C21H16ClFN2O4S/c22-16-12-14(10-11-17(16)23)24-21(26)20-13-25(18-8-4-5-9-19(18)29-20)30(27,28)15-6-2-1-3-7-15/h1-12,20H,13H2,(H,24,26). The van der Waals surface area contributed by atoms with Gasteiger partial charge in [0.25, 0.3) is 15.9 Å². The number of hydrogen-bond donors (Lipinski definition) is 1. The largest absolute Gasteiger partial charge is 0.476 e. The quantitative estimate of drug-likeness (QED) is 0.655. The van der Waals surface area contributed by atoms with Crippen molar-refractivity contribution in [1.82, 2.24) is 0 Å². The number of halogens is 2. The minimum Gasteiger partial charge on any atom is -0.476 e. The summed E-state index contributed by atoms with van der Waals surface area (Å²) in [6.07, 6.45) is -1.12. The first kappa shape index (κ1) is 20.2. The Morgan fingerprint density at radius 2 is 1.77 bits per heavy atom. The van der Waals surface area contributed by atoms with Crippen LogP contribution < -0.4 is 14.4 Å². The van der Waals surface area contributed by atoms with Crippen LogP contribution in [0.5, 0.6) is 5.75 Å². The lowest BCUT2D eigenvalue weighted by molar-refractivity contribution is -0.122. The number of hydrogen-bond acceptors (Lipinski definition) is 4. The van der Waals surface area contributed by atoms with Crippen LogP contribution in [0.4, 0.5) is 15.8 Å². The summed E-state index contributed by atoms with van der Waals surface area (Å²) in [6.45, 7) is -0.227. The van der Waals surface area contributed by atoms with Gasteiger partial charge in [0.05, 0.1) is 22.2 Å². The zero-order valence-corrected chi connectivity index (χ0v) is 17.0. The van der Waals surface area contributed by atoms with Crippen LogP contribution in [0.1, 0.15) is 0 Å². The molecule has 1 N–H and O–H groups in total. The molecule has 1 aliphatic rings. The predicted octanol–water partition coefficient (Wildman–Crippen LogP) is 4.07. The van der Waals surface area contributed by atoms with Crippen molar-refractivity contribution in [2.75, 3.05) is 16.2 Å². The highest BCUT2D eigenvalue weighted by molar-refractivity contribution is 7.92.